The molecule has 0 bridgehead atoms. The van der Waals surface area contributed by atoms with Gasteiger partial charge in [0.1, 0.15) is 0 Å². The van der Waals surface area contributed by atoms with Gasteiger partial charge < -0.3 is 4.98 Å². The summed E-state index contributed by atoms with van der Waals surface area (Å²) in [6.07, 6.45) is 4.36. The van der Waals surface area contributed by atoms with Crippen LogP contribution in [0.5, 0.6) is 0 Å². The predicted octanol–water partition coefficient (Wildman–Crippen LogP) is 2.21. The third-order valence-electron chi connectivity index (χ3n) is 1.18. The van der Waals surface area contributed by atoms with Crippen LogP contribution >= 0.6 is 0 Å². The summed E-state index contributed by atoms with van der Waals surface area (Å²) in [6, 6.07) is 4.15. The molecule has 1 heterocycles. The van der Waals surface area contributed by atoms with Gasteiger partial charge in [-0.25, -0.2) is 0 Å². The van der Waals surface area contributed by atoms with Crippen molar-refractivity contribution >= 4 is 0 Å². The third-order valence-corrected chi connectivity index (χ3v) is 1.18. The lowest BCUT2D eigenvalue weighted by molar-refractivity contribution is 0.892. The summed E-state index contributed by atoms with van der Waals surface area (Å²) in [7, 11) is 0. The topological polar surface area (TPSA) is 15.8 Å². The van der Waals surface area contributed by atoms with E-state index in [9.17, 15) is 0 Å². The molecule has 1 nitrogen and oxygen atoms in total. The fraction of sp³-hybridized carbons (Fsp3) is 0.429. The fourth-order valence-corrected chi connectivity index (χ4v) is 0.792. The molecule has 0 saturated heterocycles. The molecule has 1 aromatic heterocycles. The van der Waals surface area contributed by atoms with E-state index < -0.39 is 0 Å². The van der Waals surface area contributed by atoms with E-state index in [0.717, 1.165) is 0 Å². The second-order valence-electron chi connectivity index (χ2n) is 1.95. The Bertz CT molecular complexity index is 135. The van der Waals surface area contributed by atoms with Crippen molar-refractivity contribution in [3.63, 3.8) is 0 Å². The van der Waals surface area contributed by atoms with Crippen molar-refractivity contribution in [3.8, 4) is 0 Å². The summed E-state index contributed by atoms with van der Waals surface area (Å²) in [6.45, 7) is 2.18. The van der Waals surface area contributed by atoms with E-state index in [1.54, 1.807) is 0 Å². The number of aryl methyl sites for hydroxylation is 1. The predicted molar refractivity (Wildman–Crippen MR) is 36.9 cm³/mol. The number of nitrogens with one attached hydrogen (secondary N) is 1. The Morgan fingerprint density at radius 3 is 3.12 bits per heavy atom. The van der Waals surface area contributed by atoms with Gasteiger partial charge in [0.15, 0.2) is 0 Å². The van der Waals surface area contributed by atoms with Crippen molar-refractivity contribution in [2.75, 3.05) is 0 Å². The molecule has 0 unspecified atom stereocenters. The molecule has 8 heavy (non-hydrogen) atoms. The Balaban J connectivity index is 0.000000640. The highest BCUT2D eigenvalue weighted by Gasteiger charge is 1.85. The molecule has 0 fully saturated rings. The van der Waals surface area contributed by atoms with Gasteiger partial charge in [0.05, 0.1) is 0 Å². The lowest BCUT2D eigenvalue weighted by Crippen LogP contribution is -1.78. The lowest BCUT2D eigenvalue weighted by atomic mass is 10.3. The third kappa shape index (κ3) is 1.12. The monoisotopic (exact) mass is 111 g/mol. The highest BCUT2D eigenvalue weighted by molar-refractivity contribution is 5.02. The first kappa shape index (κ1) is 5.42. The van der Waals surface area contributed by atoms with Crippen LogP contribution in [-0.2, 0) is 6.42 Å². The SMILES string of the molecule is CCCc1ccc[nH]1.[HH]. The molecule has 0 spiro atoms. The average molecular weight is 111 g/mol. The molecule has 0 atom stereocenters. The van der Waals surface area contributed by atoms with Crippen molar-refractivity contribution in [2.45, 2.75) is 19.8 Å². The van der Waals surface area contributed by atoms with Crippen LogP contribution in [0.2, 0.25) is 0 Å². The van der Waals surface area contributed by atoms with Gasteiger partial charge in [-0.3, -0.25) is 0 Å². The number of rotatable bonds is 2. The summed E-state index contributed by atoms with van der Waals surface area (Å²) in [5.74, 6) is 0. The zero-order valence-electron chi connectivity index (χ0n) is 5.15. The van der Waals surface area contributed by atoms with Crippen molar-refractivity contribution in [3.05, 3.63) is 24.0 Å². The van der Waals surface area contributed by atoms with Crippen molar-refractivity contribution in [1.29, 1.82) is 0 Å². The minimum absolute atomic E-state index is 0. The average Bonchev–Trinajstić information content (AvgIpc) is 2.19. The van der Waals surface area contributed by atoms with Crippen LogP contribution in [0, 0.1) is 0 Å². The van der Waals surface area contributed by atoms with Crippen LogP contribution in [0.3, 0.4) is 0 Å². The molecule has 1 N–H and O–H groups in total. The van der Waals surface area contributed by atoms with Crippen LogP contribution in [0.15, 0.2) is 18.3 Å². The van der Waals surface area contributed by atoms with E-state index in [1.165, 1.54) is 18.5 Å². The maximum Gasteiger partial charge on any atom is 0.0147 e. The maximum atomic E-state index is 3.14. The number of hydrogen-bond donors (Lipinski definition) is 1. The molecule has 0 aliphatic rings. The standard InChI is InChI=1S/C7H11N.H2/c1-2-4-7-5-3-6-8-7;/h3,5-6,8H,2,4H2,1H3;1H. The van der Waals surface area contributed by atoms with Gasteiger partial charge in [0.25, 0.3) is 0 Å². The van der Waals surface area contributed by atoms with Gasteiger partial charge in [0.2, 0.25) is 0 Å². The zero-order chi connectivity index (χ0) is 5.82. The Hall–Kier alpha value is -0.720. The van der Waals surface area contributed by atoms with Crippen LogP contribution in [0.25, 0.3) is 0 Å². The normalized spacial score (nSPS) is 9.62. The van der Waals surface area contributed by atoms with E-state index in [1.807, 2.05) is 12.3 Å². The van der Waals surface area contributed by atoms with E-state index in [4.69, 9.17) is 0 Å². The molecule has 1 aromatic rings. The smallest absolute Gasteiger partial charge is 0.0147 e. The minimum Gasteiger partial charge on any atom is -0.365 e. The van der Waals surface area contributed by atoms with E-state index in [2.05, 4.69) is 18.0 Å². The minimum atomic E-state index is 0. The first-order valence-electron chi connectivity index (χ1n) is 3.05. The van der Waals surface area contributed by atoms with Crippen LogP contribution < -0.4 is 0 Å². The van der Waals surface area contributed by atoms with Crippen LogP contribution in [0.4, 0.5) is 0 Å². The van der Waals surface area contributed by atoms with Gasteiger partial charge in [-0.2, -0.15) is 0 Å². The van der Waals surface area contributed by atoms with Crippen LogP contribution in [0.1, 0.15) is 20.5 Å². The summed E-state index contributed by atoms with van der Waals surface area (Å²) < 4.78 is 0. The van der Waals surface area contributed by atoms with Crippen LogP contribution in [-0.4, -0.2) is 4.98 Å². The number of H-pyrrole nitrogens is 1. The number of hydrogen-bond acceptors (Lipinski definition) is 0. The molecular formula is C7H13N. The molecule has 0 amide bonds. The summed E-state index contributed by atoms with van der Waals surface area (Å²) >= 11 is 0. The number of aromatic amines is 1. The fourth-order valence-electron chi connectivity index (χ4n) is 0.792. The van der Waals surface area contributed by atoms with E-state index in [0.29, 0.717) is 0 Å². The van der Waals surface area contributed by atoms with Crippen molar-refractivity contribution in [1.82, 2.24) is 4.98 Å². The lowest BCUT2D eigenvalue weighted by Gasteiger charge is -1.87. The Morgan fingerprint density at radius 2 is 2.62 bits per heavy atom. The molecule has 0 saturated carbocycles. The summed E-state index contributed by atoms with van der Waals surface area (Å²) in [5, 5.41) is 0. The quantitative estimate of drug-likeness (QED) is 0.602. The highest BCUT2D eigenvalue weighted by atomic mass is 14.7. The molecule has 1 heteroatoms. The molecule has 0 aromatic carbocycles. The van der Waals surface area contributed by atoms with E-state index in [-0.39, 0.29) is 1.43 Å². The Labute approximate surface area is 51.2 Å². The van der Waals surface area contributed by atoms with E-state index >= 15 is 0 Å². The molecule has 0 aliphatic carbocycles. The van der Waals surface area contributed by atoms with Gasteiger partial charge >= 0.3 is 0 Å². The molecule has 1 rings (SSSR count). The van der Waals surface area contributed by atoms with Gasteiger partial charge in [-0.05, 0) is 18.6 Å². The van der Waals surface area contributed by atoms with Gasteiger partial charge in [0, 0.05) is 13.3 Å². The number of aromatic nitrogens is 1. The van der Waals surface area contributed by atoms with Gasteiger partial charge in [-0.15, -0.1) is 0 Å². The zero-order valence-corrected chi connectivity index (χ0v) is 5.15. The molecule has 0 radical (unpaired) electrons. The largest absolute Gasteiger partial charge is 0.365 e. The summed E-state index contributed by atoms with van der Waals surface area (Å²) in [5.41, 5.74) is 1.34. The highest BCUT2D eigenvalue weighted by Crippen LogP contribution is 1.96. The first-order valence-corrected chi connectivity index (χ1v) is 3.05. The molecular weight excluding hydrogens is 98.1 g/mol. The van der Waals surface area contributed by atoms with Gasteiger partial charge in [-0.1, -0.05) is 13.3 Å². The van der Waals surface area contributed by atoms with Crippen molar-refractivity contribution < 1.29 is 1.43 Å². The second-order valence-corrected chi connectivity index (χ2v) is 1.95. The second kappa shape index (κ2) is 2.55. The molecule has 46 valence electrons. The Morgan fingerprint density at radius 1 is 1.75 bits per heavy atom. The Kier molecular flexibility index (Phi) is 1.73. The maximum absolute atomic E-state index is 3.14. The molecule has 0 aliphatic heterocycles. The summed E-state index contributed by atoms with van der Waals surface area (Å²) in [4.78, 5) is 3.14. The first-order chi connectivity index (χ1) is 3.93. The van der Waals surface area contributed by atoms with Crippen molar-refractivity contribution in [2.24, 2.45) is 0 Å².